The van der Waals surface area contributed by atoms with Crippen molar-refractivity contribution in [2.24, 2.45) is 0 Å². The van der Waals surface area contributed by atoms with Crippen molar-refractivity contribution in [2.45, 2.75) is 24.3 Å². The van der Waals surface area contributed by atoms with Gasteiger partial charge in [0.2, 0.25) is 10.0 Å². The second-order valence-corrected chi connectivity index (χ2v) is 8.54. The first-order valence-corrected chi connectivity index (χ1v) is 10.4. The molecule has 0 aliphatic carbocycles. The van der Waals surface area contributed by atoms with Crippen LogP contribution in [0.3, 0.4) is 0 Å². The van der Waals surface area contributed by atoms with Crippen LogP contribution >= 0.6 is 0 Å². The van der Waals surface area contributed by atoms with Crippen LogP contribution in [0.5, 0.6) is 5.75 Å². The van der Waals surface area contributed by atoms with Crippen molar-refractivity contribution < 1.29 is 17.9 Å². The molecule has 7 heteroatoms. The van der Waals surface area contributed by atoms with Crippen molar-refractivity contribution in [2.75, 3.05) is 26.7 Å². The molecule has 0 N–H and O–H groups in total. The van der Waals surface area contributed by atoms with Crippen LogP contribution in [0.15, 0.2) is 59.5 Å². The van der Waals surface area contributed by atoms with Crippen LogP contribution in [0.4, 0.5) is 0 Å². The lowest BCUT2D eigenvalue weighted by Crippen LogP contribution is -2.31. The van der Waals surface area contributed by atoms with Gasteiger partial charge in [0.15, 0.2) is 6.61 Å². The Kier molecular flexibility index (Phi) is 6.13. The van der Waals surface area contributed by atoms with Gasteiger partial charge in [0.05, 0.1) is 4.90 Å². The largest absolute Gasteiger partial charge is 0.484 e. The van der Waals surface area contributed by atoms with Crippen LogP contribution < -0.4 is 4.74 Å². The lowest BCUT2D eigenvalue weighted by Gasteiger charge is -2.18. The number of rotatable bonds is 7. The summed E-state index contributed by atoms with van der Waals surface area (Å²) in [5, 5.41) is 0. The molecule has 0 atom stereocenters. The third kappa shape index (κ3) is 4.87. The molecule has 0 saturated carbocycles. The number of ether oxygens (including phenoxy) is 1. The van der Waals surface area contributed by atoms with Crippen molar-refractivity contribution >= 4 is 15.9 Å². The normalized spacial score (nSPS) is 14.9. The number of sulfonamides is 1. The first-order chi connectivity index (χ1) is 13.0. The van der Waals surface area contributed by atoms with Crippen molar-refractivity contribution in [1.29, 1.82) is 0 Å². The Bertz CT molecular complexity index is 861. The molecule has 1 heterocycles. The number of nitrogens with zero attached hydrogens (tertiary/aromatic N) is 2. The van der Waals surface area contributed by atoms with Crippen LogP contribution in [0.2, 0.25) is 0 Å². The zero-order valence-electron chi connectivity index (χ0n) is 15.4. The second kappa shape index (κ2) is 8.54. The maximum absolute atomic E-state index is 12.5. The average molecular weight is 388 g/mol. The van der Waals surface area contributed by atoms with Gasteiger partial charge in [-0.05, 0) is 42.7 Å². The summed E-state index contributed by atoms with van der Waals surface area (Å²) < 4.78 is 32.0. The monoisotopic (exact) mass is 388 g/mol. The second-order valence-electron chi connectivity index (χ2n) is 6.61. The Morgan fingerprint density at radius 1 is 1.04 bits per heavy atom. The Labute approximate surface area is 160 Å². The molecule has 3 rings (SSSR count). The lowest BCUT2D eigenvalue weighted by molar-refractivity contribution is -0.132. The topological polar surface area (TPSA) is 66.9 Å². The number of amides is 1. The van der Waals surface area contributed by atoms with E-state index in [-0.39, 0.29) is 17.4 Å². The predicted molar refractivity (Wildman–Crippen MR) is 103 cm³/mol. The highest BCUT2D eigenvalue weighted by Gasteiger charge is 2.26. The standard InChI is InChI=1S/C20H24N2O4S/c1-21(15-17-7-3-2-4-8-17)20(23)16-26-18-9-11-19(12-10-18)27(24,25)22-13-5-6-14-22/h2-4,7-12H,5-6,13-16H2,1H3. The molecule has 1 aliphatic rings. The molecular formula is C20H24N2O4S. The van der Waals surface area contributed by atoms with Gasteiger partial charge in [-0.2, -0.15) is 4.31 Å². The van der Waals surface area contributed by atoms with Crippen molar-refractivity contribution in [1.82, 2.24) is 9.21 Å². The first kappa shape index (κ1) is 19.4. The smallest absolute Gasteiger partial charge is 0.260 e. The number of hydrogen-bond donors (Lipinski definition) is 0. The van der Waals surface area contributed by atoms with E-state index >= 15 is 0 Å². The van der Waals surface area contributed by atoms with E-state index < -0.39 is 10.0 Å². The van der Waals surface area contributed by atoms with Gasteiger partial charge in [0.25, 0.3) is 5.91 Å². The maximum atomic E-state index is 12.5. The van der Waals surface area contributed by atoms with Gasteiger partial charge in [-0.3, -0.25) is 4.79 Å². The molecule has 1 saturated heterocycles. The molecule has 2 aromatic carbocycles. The van der Waals surface area contributed by atoms with Crippen LogP contribution in [0.1, 0.15) is 18.4 Å². The molecule has 1 fully saturated rings. The van der Waals surface area contributed by atoms with Gasteiger partial charge in [0.1, 0.15) is 5.75 Å². The summed E-state index contributed by atoms with van der Waals surface area (Å²) >= 11 is 0. The first-order valence-electron chi connectivity index (χ1n) is 8.98. The Hall–Kier alpha value is -2.38. The summed E-state index contributed by atoms with van der Waals surface area (Å²) in [6, 6.07) is 16.0. The van der Waals surface area contributed by atoms with Crippen LogP contribution in [-0.2, 0) is 21.4 Å². The molecule has 0 unspecified atom stereocenters. The molecule has 0 spiro atoms. The Balaban J connectivity index is 1.54. The summed E-state index contributed by atoms with van der Waals surface area (Å²) in [6.07, 6.45) is 1.80. The van der Waals surface area contributed by atoms with E-state index in [9.17, 15) is 13.2 Å². The van der Waals surface area contributed by atoms with Gasteiger partial charge in [-0.1, -0.05) is 30.3 Å². The quantitative estimate of drug-likeness (QED) is 0.731. The third-order valence-electron chi connectivity index (χ3n) is 4.58. The zero-order valence-corrected chi connectivity index (χ0v) is 16.2. The van der Waals surface area contributed by atoms with Crippen LogP contribution in [0.25, 0.3) is 0 Å². The lowest BCUT2D eigenvalue weighted by atomic mass is 10.2. The molecule has 6 nitrogen and oxygen atoms in total. The van der Waals surface area contributed by atoms with Gasteiger partial charge in [-0.15, -0.1) is 0 Å². The molecular weight excluding hydrogens is 364 g/mol. The number of carbonyl (C=O) groups is 1. The predicted octanol–water partition coefficient (Wildman–Crippen LogP) is 2.51. The third-order valence-corrected chi connectivity index (χ3v) is 6.49. The van der Waals surface area contributed by atoms with E-state index in [4.69, 9.17) is 4.74 Å². The average Bonchev–Trinajstić information content (AvgIpc) is 3.23. The molecule has 2 aromatic rings. The van der Waals surface area contributed by atoms with E-state index in [0.717, 1.165) is 18.4 Å². The highest BCUT2D eigenvalue weighted by Crippen LogP contribution is 2.22. The van der Waals surface area contributed by atoms with Crippen molar-refractivity contribution in [3.63, 3.8) is 0 Å². The summed E-state index contributed by atoms with van der Waals surface area (Å²) in [7, 11) is -1.71. The molecule has 1 aliphatic heterocycles. The van der Waals surface area contributed by atoms with Crippen LogP contribution in [0, 0.1) is 0 Å². The summed E-state index contributed by atoms with van der Waals surface area (Å²) in [4.78, 5) is 14.1. The fourth-order valence-corrected chi connectivity index (χ4v) is 4.50. The van der Waals surface area contributed by atoms with E-state index in [1.807, 2.05) is 30.3 Å². The maximum Gasteiger partial charge on any atom is 0.260 e. The highest BCUT2D eigenvalue weighted by atomic mass is 32.2. The number of carbonyl (C=O) groups excluding carboxylic acids is 1. The molecule has 144 valence electrons. The minimum absolute atomic E-state index is 0.0957. The number of likely N-dealkylation sites (N-methyl/N-ethyl adjacent to an activating group) is 1. The zero-order chi connectivity index (χ0) is 19.3. The van der Waals surface area contributed by atoms with Crippen LogP contribution in [-0.4, -0.2) is 50.3 Å². The summed E-state index contributed by atoms with van der Waals surface area (Å²) in [5.41, 5.74) is 1.05. The molecule has 0 radical (unpaired) electrons. The molecule has 0 aromatic heterocycles. The van der Waals surface area contributed by atoms with Crippen molar-refractivity contribution in [3.05, 3.63) is 60.2 Å². The molecule has 0 bridgehead atoms. The fraction of sp³-hybridized carbons (Fsp3) is 0.350. The Morgan fingerprint density at radius 3 is 2.30 bits per heavy atom. The summed E-state index contributed by atoms with van der Waals surface area (Å²) in [5.74, 6) is 0.324. The van der Waals surface area contributed by atoms with Gasteiger partial charge in [0, 0.05) is 26.7 Å². The highest BCUT2D eigenvalue weighted by molar-refractivity contribution is 7.89. The van der Waals surface area contributed by atoms with Gasteiger partial charge in [-0.25, -0.2) is 8.42 Å². The minimum Gasteiger partial charge on any atom is -0.484 e. The SMILES string of the molecule is CN(Cc1ccccc1)C(=O)COc1ccc(S(=O)(=O)N2CCCC2)cc1. The van der Waals surface area contributed by atoms with E-state index in [0.29, 0.717) is 25.4 Å². The van der Waals surface area contributed by atoms with Gasteiger partial charge >= 0.3 is 0 Å². The minimum atomic E-state index is -3.43. The van der Waals surface area contributed by atoms with Gasteiger partial charge < -0.3 is 9.64 Å². The van der Waals surface area contributed by atoms with E-state index in [1.165, 1.54) is 16.4 Å². The molecule has 27 heavy (non-hydrogen) atoms. The Morgan fingerprint density at radius 2 is 1.67 bits per heavy atom. The number of hydrogen-bond acceptors (Lipinski definition) is 4. The van der Waals surface area contributed by atoms with E-state index in [1.54, 1.807) is 24.1 Å². The number of benzene rings is 2. The fourth-order valence-electron chi connectivity index (χ4n) is 2.99. The van der Waals surface area contributed by atoms with Crippen molar-refractivity contribution in [3.8, 4) is 5.75 Å². The molecule has 1 amide bonds. The van der Waals surface area contributed by atoms with E-state index in [2.05, 4.69) is 0 Å². The summed E-state index contributed by atoms with van der Waals surface area (Å²) in [6.45, 7) is 1.56.